The Hall–Kier alpha value is -2.40. The number of nitrogens with zero attached hydrogens (tertiary/aromatic N) is 4. The Morgan fingerprint density at radius 2 is 2.07 bits per heavy atom. The van der Waals surface area contributed by atoms with Gasteiger partial charge in [-0.3, -0.25) is 4.79 Å². The maximum Gasteiger partial charge on any atom is 0.254 e. The molecule has 0 unspecified atom stereocenters. The quantitative estimate of drug-likeness (QED) is 0.525. The Morgan fingerprint density at radius 1 is 1.25 bits per heavy atom. The van der Waals surface area contributed by atoms with Crippen molar-refractivity contribution in [2.24, 2.45) is 5.92 Å². The van der Waals surface area contributed by atoms with Crippen LogP contribution >= 0.6 is 11.6 Å². The Morgan fingerprint density at radius 3 is 2.79 bits per heavy atom. The van der Waals surface area contributed by atoms with E-state index in [4.69, 9.17) is 16.6 Å². The predicted molar refractivity (Wildman–Crippen MR) is 113 cm³/mol. The van der Waals surface area contributed by atoms with Gasteiger partial charge in [0.25, 0.3) is 5.91 Å². The number of aryl methyl sites for hydroxylation is 1. The van der Waals surface area contributed by atoms with Gasteiger partial charge in [0.1, 0.15) is 11.3 Å². The van der Waals surface area contributed by atoms with E-state index in [1.54, 1.807) is 18.3 Å². The molecule has 0 aliphatic rings. The summed E-state index contributed by atoms with van der Waals surface area (Å²) in [5, 5.41) is 0.567. The fourth-order valence-electron chi connectivity index (χ4n) is 3.23. The lowest BCUT2D eigenvalue weighted by molar-refractivity contribution is 0.0729. The molecule has 2 aromatic heterocycles. The molecule has 0 saturated carbocycles. The molecule has 1 aromatic carbocycles. The topological polar surface area (TPSA) is 51.0 Å². The van der Waals surface area contributed by atoms with Gasteiger partial charge in [0.15, 0.2) is 5.65 Å². The summed E-state index contributed by atoms with van der Waals surface area (Å²) in [6.45, 7) is 8.41. The lowest BCUT2D eigenvalue weighted by Crippen LogP contribution is -2.33. The van der Waals surface area contributed by atoms with Crippen molar-refractivity contribution >= 4 is 28.7 Å². The highest BCUT2D eigenvalue weighted by molar-refractivity contribution is 6.30. The second kappa shape index (κ2) is 9.20. The van der Waals surface area contributed by atoms with Crippen LogP contribution in [0.5, 0.6) is 0 Å². The third-order valence-electron chi connectivity index (χ3n) is 4.70. The molecular weight excluding hydrogens is 372 g/mol. The summed E-state index contributed by atoms with van der Waals surface area (Å²) in [4.78, 5) is 24.4. The molecule has 0 radical (unpaired) electrons. The van der Waals surface area contributed by atoms with Crippen molar-refractivity contribution in [1.29, 1.82) is 0 Å². The first-order chi connectivity index (χ1) is 13.5. The number of aromatic nitrogens is 3. The molecule has 0 bridgehead atoms. The molecule has 0 spiro atoms. The molecule has 28 heavy (non-hydrogen) atoms. The summed E-state index contributed by atoms with van der Waals surface area (Å²) in [7, 11) is 0. The normalized spacial score (nSPS) is 11.3. The minimum Gasteiger partial charge on any atom is -0.331 e. The first-order valence-corrected chi connectivity index (χ1v) is 10.2. The van der Waals surface area contributed by atoms with E-state index < -0.39 is 0 Å². The first-order valence-electron chi connectivity index (χ1n) is 9.84. The Bertz CT molecular complexity index is 951. The fraction of sp³-hybridized carbons (Fsp3) is 0.409. The summed E-state index contributed by atoms with van der Waals surface area (Å²) in [5.41, 5.74) is 2.34. The van der Waals surface area contributed by atoms with Crippen LogP contribution in [0.2, 0.25) is 5.02 Å². The number of carbonyl (C=O) groups is 1. The van der Waals surface area contributed by atoms with Crippen LogP contribution in [-0.2, 0) is 13.1 Å². The third-order valence-corrected chi connectivity index (χ3v) is 4.93. The average Bonchev–Trinajstić information content (AvgIpc) is 3.02. The largest absolute Gasteiger partial charge is 0.331 e. The highest BCUT2D eigenvalue weighted by Gasteiger charge is 2.20. The van der Waals surface area contributed by atoms with Crippen molar-refractivity contribution in [2.75, 3.05) is 6.54 Å². The van der Waals surface area contributed by atoms with E-state index >= 15 is 0 Å². The number of rotatable bonds is 8. The fourth-order valence-corrected chi connectivity index (χ4v) is 3.42. The molecule has 0 N–H and O–H groups in total. The van der Waals surface area contributed by atoms with Gasteiger partial charge in [0.2, 0.25) is 0 Å². The van der Waals surface area contributed by atoms with Crippen molar-refractivity contribution < 1.29 is 4.79 Å². The van der Waals surface area contributed by atoms with E-state index in [-0.39, 0.29) is 5.91 Å². The Labute approximate surface area is 171 Å². The van der Waals surface area contributed by atoms with E-state index in [0.29, 0.717) is 29.6 Å². The molecule has 0 atom stereocenters. The first kappa shape index (κ1) is 20.3. The Kier molecular flexibility index (Phi) is 6.68. The Balaban J connectivity index is 1.94. The molecule has 2 heterocycles. The molecule has 3 aromatic rings. The van der Waals surface area contributed by atoms with Crippen LogP contribution in [0.25, 0.3) is 11.2 Å². The van der Waals surface area contributed by atoms with Crippen molar-refractivity contribution in [3.8, 4) is 0 Å². The van der Waals surface area contributed by atoms with Gasteiger partial charge in [-0.2, -0.15) is 0 Å². The van der Waals surface area contributed by atoms with Gasteiger partial charge in [-0.1, -0.05) is 38.4 Å². The van der Waals surface area contributed by atoms with Gasteiger partial charge >= 0.3 is 0 Å². The van der Waals surface area contributed by atoms with Gasteiger partial charge in [0.05, 0.1) is 6.54 Å². The smallest absolute Gasteiger partial charge is 0.254 e. The number of hydrogen-bond acceptors (Lipinski definition) is 3. The zero-order valence-corrected chi connectivity index (χ0v) is 17.5. The standard InChI is InChI=1S/C22H27ClN4O/c1-4-12-27-20(25-19-9-6-11-24-21(19)27)15-26(13-10-16(2)3)22(28)17-7-5-8-18(23)14-17/h5-9,11,14,16H,4,10,12-13,15H2,1-3H3. The van der Waals surface area contributed by atoms with Gasteiger partial charge < -0.3 is 9.47 Å². The maximum absolute atomic E-state index is 13.2. The zero-order valence-electron chi connectivity index (χ0n) is 16.7. The highest BCUT2D eigenvalue weighted by atomic mass is 35.5. The summed E-state index contributed by atoms with van der Waals surface area (Å²) in [6.07, 6.45) is 3.69. The molecule has 6 heteroatoms. The number of imidazole rings is 1. The van der Waals surface area contributed by atoms with Crippen LogP contribution in [0.3, 0.4) is 0 Å². The van der Waals surface area contributed by atoms with Crippen molar-refractivity contribution in [2.45, 2.75) is 46.7 Å². The predicted octanol–water partition coefficient (Wildman–Crippen LogP) is 5.18. The molecule has 0 aliphatic carbocycles. The van der Waals surface area contributed by atoms with Crippen molar-refractivity contribution in [3.63, 3.8) is 0 Å². The number of carbonyl (C=O) groups excluding carboxylic acids is 1. The van der Waals surface area contributed by atoms with Crippen molar-refractivity contribution in [1.82, 2.24) is 19.4 Å². The molecule has 0 saturated heterocycles. The van der Waals surface area contributed by atoms with E-state index in [9.17, 15) is 4.79 Å². The molecule has 0 aliphatic heterocycles. The van der Waals surface area contributed by atoms with Gasteiger partial charge in [-0.25, -0.2) is 9.97 Å². The highest BCUT2D eigenvalue weighted by Crippen LogP contribution is 2.19. The van der Waals surface area contributed by atoms with Crippen LogP contribution in [0.1, 0.15) is 49.8 Å². The summed E-state index contributed by atoms with van der Waals surface area (Å²) in [6, 6.07) is 11.0. The SMILES string of the molecule is CCCn1c(CN(CCC(C)C)C(=O)c2cccc(Cl)c2)nc2cccnc21. The molecule has 1 amide bonds. The lowest BCUT2D eigenvalue weighted by atomic mass is 10.1. The number of hydrogen-bond donors (Lipinski definition) is 0. The number of amides is 1. The van der Waals surface area contributed by atoms with Gasteiger partial charge in [0, 0.05) is 29.9 Å². The summed E-state index contributed by atoms with van der Waals surface area (Å²) < 4.78 is 2.13. The summed E-state index contributed by atoms with van der Waals surface area (Å²) >= 11 is 6.11. The number of halogens is 1. The minimum atomic E-state index is -0.0220. The molecule has 0 fully saturated rings. The van der Waals surface area contributed by atoms with E-state index in [2.05, 4.69) is 30.3 Å². The van der Waals surface area contributed by atoms with Crippen LogP contribution in [0.4, 0.5) is 0 Å². The number of benzene rings is 1. The van der Waals surface area contributed by atoms with Crippen molar-refractivity contribution in [3.05, 3.63) is 59.0 Å². The van der Waals surface area contributed by atoms with Gasteiger partial charge in [-0.15, -0.1) is 0 Å². The maximum atomic E-state index is 13.2. The molecule has 5 nitrogen and oxygen atoms in total. The van der Waals surface area contributed by atoms with Gasteiger partial charge in [-0.05, 0) is 49.1 Å². The van der Waals surface area contributed by atoms with Crippen LogP contribution in [-0.4, -0.2) is 31.9 Å². The van der Waals surface area contributed by atoms with Crippen LogP contribution < -0.4 is 0 Å². The molecule has 3 rings (SSSR count). The van der Waals surface area contributed by atoms with Crippen LogP contribution in [0, 0.1) is 5.92 Å². The number of pyridine rings is 1. The van der Waals surface area contributed by atoms with E-state index in [0.717, 1.165) is 36.4 Å². The van der Waals surface area contributed by atoms with Crippen LogP contribution in [0.15, 0.2) is 42.6 Å². The molecule has 148 valence electrons. The number of fused-ring (bicyclic) bond motifs is 1. The van der Waals surface area contributed by atoms with E-state index in [1.807, 2.05) is 29.2 Å². The zero-order chi connectivity index (χ0) is 20.1. The molecular formula is C22H27ClN4O. The summed E-state index contributed by atoms with van der Waals surface area (Å²) in [5.74, 6) is 1.35. The minimum absolute atomic E-state index is 0.0220. The average molecular weight is 399 g/mol. The third kappa shape index (κ3) is 4.71. The second-order valence-electron chi connectivity index (χ2n) is 7.45. The van der Waals surface area contributed by atoms with E-state index in [1.165, 1.54) is 0 Å². The lowest BCUT2D eigenvalue weighted by Gasteiger charge is -2.24. The monoisotopic (exact) mass is 398 g/mol. The second-order valence-corrected chi connectivity index (χ2v) is 7.88.